The molecule has 1 aliphatic heterocycles. The molecule has 0 unspecified atom stereocenters. The maximum absolute atomic E-state index is 12.3. The number of ether oxygens (including phenoxy) is 3. The first-order valence-electron chi connectivity index (χ1n) is 10.3. The van der Waals surface area contributed by atoms with Crippen LogP contribution in [0.5, 0.6) is 0 Å². The second kappa shape index (κ2) is 11.2. The summed E-state index contributed by atoms with van der Waals surface area (Å²) in [5.74, 6) is 0.0320. The first kappa shape index (κ1) is 22.4. The van der Waals surface area contributed by atoms with Crippen molar-refractivity contribution in [3.63, 3.8) is 0 Å². The number of amides is 1. The molecule has 2 aromatic carbocycles. The number of hydroxylamine groups is 2. The lowest BCUT2D eigenvalue weighted by Gasteiger charge is -2.38. The molecule has 30 heavy (non-hydrogen) atoms. The molecular weight excluding hydrogens is 382 g/mol. The summed E-state index contributed by atoms with van der Waals surface area (Å²) >= 11 is 0. The number of nitrogens with zero attached hydrogens (tertiary/aromatic N) is 1. The Balaban J connectivity index is 1.62. The summed E-state index contributed by atoms with van der Waals surface area (Å²) in [6.45, 7) is 3.25. The summed E-state index contributed by atoms with van der Waals surface area (Å²) in [6, 6.07) is 19.9. The molecule has 1 amide bonds. The molecule has 6 nitrogen and oxygen atoms in total. The summed E-state index contributed by atoms with van der Waals surface area (Å²) in [5, 5.41) is 1.23. The molecule has 3 rings (SSSR count). The van der Waals surface area contributed by atoms with E-state index in [1.807, 2.05) is 48.5 Å². The summed E-state index contributed by atoms with van der Waals surface area (Å²) < 4.78 is 18.3. The zero-order valence-electron chi connectivity index (χ0n) is 17.9. The van der Waals surface area contributed by atoms with E-state index in [0.29, 0.717) is 19.6 Å². The van der Waals surface area contributed by atoms with Gasteiger partial charge in [0.2, 0.25) is 5.91 Å². The molecule has 1 heterocycles. The highest BCUT2D eigenvalue weighted by atomic mass is 16.7. The van der Waals surface area contributed by atoms with E-state index in [1.165, 1.54) is 12.2 Å². The fourth-order valence-corrected chi connectivity index (χ4v) is 3.47. The lowest BCUT2D eigenvalue weighted by molar-refractivity contribution is -0.261. The van der Waals surface area contributed by atoms with Crippen molar-refractivity contribution in [2.24, 2.45) is 5.92 Å². The number of carbonyl (C=O) groups excluding carboxylic acids is 1. The van der Waals surface area contributed by atoms with Crippen molar-refractivity contribution in [3.8, 4) is 0 Å². The highest BCUT2D eigenvalue weighted by Crippen LogP contribution is 2.34. The first-order valence-corrected chi connectivity index (χ1v) is 10.3. The molecule has 0 aliphatic carbocycles. The minimum absolute atomic E-state index is 0.0784. The van der Waals surface area contributed by atoms with Crippen LogP contribution in [0, 0.1) is 5.92 Å². The molecule has 0 radical (unpaired) electrons. The van der Waals surface area contributed by atoms with Crippen molar-refractivity contribution in [1.82, 2.24) is 5.06 Å². The van der Waals surface area contributed by atoms with Gasteiger partial charge < -0.3 is 14.2 Å². The molecule has 1 fully saturated rings. The van der Waals surface area contributed by atoms with Gasteiger partial charge in [-0.3, -0.25) is 9.63 Å². The van der Waals surface area contributed by atoms with E-state index in [4.69, 9.17) is 19.0 Å². The van der Waals surface area contributed by atoms with E-state index >= 15 is 0 Å². The zero-order valence-corrected chi connectivity index (χ0v) is 17.9. The second-order valence-electron chi connectivity index (χ2n) is 7.67. The SMILES string of the molecule is CON(C)C(=O)C[C@@H]1C[C@H]([C@@H](C)COCc2ccccc2)O[C@H](c2ccccc2)O1. The Morgan fingerprint density at radius 1 is 1.10 bits per heavy atom. The van der Waals surface area contributed by atoms with E-state index in [9.17, 15) is 4.79 Å². The van der Waals surface area contributed by atoms with Crippen LogP contribution in [0.15, 0.2) is 60.7 Å². The van der Waals surface area contributed by atoms with Crippen LogP contribution in [0.2, 0.25) is 0 Å². The van der Waals surface area contributed by atoms with Crippen LogP contribution in [-0.2, 0) is 30.4 Å². The van der Waals surface area contributed by atoms with Crippen molar-refractivity contribution in [3.05, 3.63) is 71.8 Å². The Kier molecular flexibility index (Phi) is 8.39. The molecular formula is C24H31NO5. The standard InChI is InChI=1S/C24H31NO5/c1-18(16-28-17-19-10-6-4-7-11-19)22-14-21(15-23(26)25(2)27-3)29-24(30-22)20-12-8-5-9-13-20/h4-13,18,21-22,24H,14-17H2,1-3H3/t18-,21-,22+,24+/m0/s1. The van der Waals surface area contributed by atoms with Crippen LogP contribution >= 0.6 is 0 Å². The minimum Gasteiger partial charge on any atom is -0.376 e. The average Bonchev–Trinajstić information content (AvgIpc) is 2.79. The molecule has 1 aliphatic rings. The second-order valence-corrected chi connectivity index (χ2v) is 7.67. The summed E-state index contributed by atoms with van der Waals surface area (Å²) in [7, 11) is 3.08. The first-order chi connectivity index (χ1) is 14.6. The molecule has 0 bridgehead atoms. The van der Waals surface area contributed by atoms with Gasteiger partial charge in [-0.2, -0.15) is 0 Å². The molecule has 0 spiro atoms. The number of hydrogen-bond acceptors (Lipinski definition) is 5. The van der Waals surface area contributed by atoms with Crippen LogP contribution in [-0.4, -0.2) is 43.9 Å². The lowest BCUT2D eigenvalue weighted by atomic mass is 9.96. The molecule has 6 heteroatoms. The summed E-state index contributed by atoms with van der Waals surface area (Å²) in [6.07, 6.45) is 0.0290. The third-order valence-electron chi connectivity index (χ3n) is 5.34. The number of benzene rings is 2. The van der Waals surface area contributed by atoms with Crippen LogP contribution in [0.3, 0.4) is 0 Å². The Hall–Kier alpha value is -2.25. The Morgan fingerprint density at radius 2 is 1.77 bits per heavy atom. The number of hydrogen-bond donors (Lipinski definition) is 0. The van der Waals surface area contributed by atoms with E-state index in [1.54, 1.807) is 7.05 Å². The molecule has 4 atom stereocenters. The largest absolute Gasteiger partial charge is 0.376 e. The van der Waals surface area contributed by atoms with Gasteiger partial charge >= 0.3 is 0 Å². The lowest BCUT2D eigenvalue weighted by Crippen LogP contribution is -2.41. The van der Waals surface area contributed by atoms with E-state index < -0.39 is 6.29 Å². The van der Waals surface area contributed by atoms with Crippen LogP contribution < -0.4 is 0 Å². The molecule has 2 aromatic rings. The van der Waals surface area contributed by atoms with E-state index in [2.05, 4.69) is 19.1 Å². The van der Waals surface area contributed by atoms with Crippen molar-refractivity contribution < 1.29 is 23.8 Å². The highest BCUT2D eigenvalue weighted by Gasteiger charge is 2.35. The predicted molar refractivity (Wildman–Crippen MR) is 113 cm³/mol. The van der Waals surface area contributed by atoms with Crippen LogP contribution in [0.1, 0.15) is 37.2 Å². The van der Waals surface area contributed by atoms with Crippen LogP contribution in [0.4, 0.5) is 0 Å². The quantitative estimate of drug-likeness (QED) is 0.579. The summed E-state index contributed by atoms with van der Waals surface area (Å²) in [4.78, 5) is 17.4. The zero-order chi connectivity index (χ0) is 21.3. The van der Waals surface area contributed by atoms with Gasteiger partial charge in [0.1, 0.15) is 0 Å². The van der Waals surface area contributed by atoms with Gasteiger partial charge in [0.05, 0.1) is 39.0 Å². The fourth-order valence-electron chi connectivity index (χ4n) is 3.47. The topological polar surface area (TPSA) is 57.2 Å². The Labute approximate surface area is 178 Å². The third-order valence-corrected chi connectivity index (χ3v) is 5.34. The summed E-state index contributed by atoms with van der Waals surface area (Å²) in [5.41, 5.74) is 2.09. The van der Waals surface area contributed by atoms with Crippen molar-refractivity contribution >= 4 is 5.91 Å². The molecule has 162 valence electrons. The van der Waals surface area contributed by atoms with E-state index in [-0.39, 0.29) is 30.5 Å². The predicted octanol–water partition coefficient (Wildman–Crippen LogP) is 4.12. The smallest absolute Gasteiger partial charge is 0.248 e. The number of carbonyl (C=O) groups is 1. The van der Waals surface area contributed by atoms with Gasteiger partial charge in [-0.1, -0.05) is 67.6 Å². The van der Waals surface area contributed by atoms with Gasteiger partial charge in [0, 0.05) is 24.9 Å². The minimum atomic E-state index is -0.507. The maximum Gasteiger partial charge on any atom is 0.248 e. The molecule has 0 saturated carbocycles. The Bertz CT molecular complexity index is 770. The average molecular weight is 414 g/mol. The van der Waals surface area contributed by atoms with Crippen molar-refractivity contribution in [1.29, 1.82) is 0 Å². The highest BCUT2D eigenvalue weighted by molar-refractivity contribution is 5.75. The van der Waals surface area contributed by atoms with Crippen molar-refractivity contribution in [2.45, 2.75) is 44.9 Å². The number of rotatable bonds is 9. The van der Waals surface area contributed by atoms with Gasteiger partial charge in [-0.05, 0) is 5.56 Å². The Morgan fingerprint density at radius 3 is 2.43 bits per heavy atom. The van der Waals surface area contributed by atoms with Crippen molar-refractivity contribution in [2.75, 3.05) is 20.8 Å². The monoisotopic (exact) mass is 413 g/mol. The van der Waals surface area contributed by atoms with Gasteiger partial charge in [-0.25, -0.2) is 5.06 Å². The maximum atomic E-state index is 12.3. The third kappa shape index (κ3) is 6.37. The fraction of sp³-hybridized carbons (Fsp3) is 0.458. The molecule has 1 saturated heterocycles. The van der Waals surface area contributed by atoms with Gasteiger partial charge in [0.15, 0.2) is 6.29 Å². The van der Waals surface area contributed by atoms with Crippen LogP contribution in [0.25, 0.3) is 0 Å². The van der Waals surface area contributed by atoms with Gasteiger partial charge in [0.25, 0.3) is 0 Å². The van der Waals surface area contributed by atoms with Gasteiger partial charge in [-0.15, -0.1) is 0 Å². The molecule has 0 aromatic heterocycles. The molecule has 0 N–H and O–H groups in total. The normalized spacial score (nSPS) is 22.4. The van der Waals surface area contributed by atoms with E-state index in [0.717, 1.165) is 11.1 Å².